The van der Waals surface area contributed by atoms with Crippen molar-refractivity contribution < 1.29 is 28.8 Å². The first-order valence-electron chi connectivity index (χ1n) is 15.7. The molecule has 0 radical (unpaired) electrons. The van der Waals surface area contributed by atoms with Gasteiger partial charge in [0.25, 0.3) is 0 Å². The van der Waals surface area contributed by atoms with Crippen molar-refractivity contribution in [2.24, 2.45) is 23.3 Å². The molecule has 14 heteroatoms. The van der Waals surface area contributed by atoms with Crippen molar-refractivity contribution in [3.63, 3.8) is 0 Å². The molecule has 9 N–H and O–H groups in total. The summed E-state index contributed by atoms with van der Waals surface area (Å²) in [4.78, 5) is 80.4. The van der Waals surface area contributed by atoms with E-state index >= 15 is 0 Å². The van der Waals surface area contributed by atoms with Gasteiger partial charge < -0.3 is 37.6 Å². The van der Waals surface area contributed by atoms with E-state index in [0.717, 1.165) is 17.5 Å². The van der Waals surface area contributed by atoms with Gasteiger partial charge in [0, 0.05) is 19.9 Å². The van der Waals surface area contributed by atoms with Crippen LogP contribution in [0, 0.1) is 17.2 Å². The van der Waals surface area contributed by atoms with Gasteiger partial charge in [0.15, 0.2) is 0 Å². The highest BCUT2D eigenvalue weighted by molar-refractivity contribution is 5.98. The Labute approximate surface area is 270 Å². The molecule has 0 aliphatic carbocycles. The highest BCUT2D eigenvalue weighted by atomic mass is 16.2. The summed E-state index contributed by atoms with van der Waals surface area (Å²) in [5, 5.41) is 17.8. The molecule has 1 aliphatic heterocycles. The van der Waals surface area contributed by atoms with Gasteiger partial charge in [0.1, 0.15) is 24.2 Å². The van der Waals surface area contributed by atoms with Crippen LogP contribution in [-0.2, 0) is 41.6 Å². The van der Waals surface area contributed by atoms with Gasteiger partial charge in [-0.3, -0.25) is 34.2 Å². The molecule has 2 rings (SSSR count). The number of likely N-dealkylation sites (N-methyl/N-ethyl adjacent to an activating group) is 1. The van der Waals surface area contributed by atoms with Crippen LogP contribution >= 0.6 is 0 Å². The number of rotatable bonds is 12. The van der Waals surface area contributed by atoms with Crippen LogP contribution < -0.4 is 32.7 Å². The second-order valence-electron chi connectivity index (χ2n) is 12.7. The van der Waals surface area contributed by atoms with Gasteiger partial charge in [0.05, 0.1) is 18.8 Å². The van der Waals surface area contributed by atoms with Gasteiger partial charge in [-0.1, -0.05) is 58.4 Å². The van der Waals surface area contributed by atoms with Gasteiger partial charge in [0.2, 0.25) is 35.4 Å². The molecule has 6 amide bonds. The summed E-state index contributed by atoms with van der Waals surface area (Å²) in [5.41, 5.74) is 12.6. The Morgan fingerprint density at radius 2 is 1.57 bits per heavy atom. The largest absolute Gasteiger partial charge is 0.388 e. The maximum Gasteiger partial charge on any atom is 0.245 e. The third-order valence-electron chi connectivity index (χ3n) is 7.66. The molecular formula is C32H50N8O6. The number of carbonyl (C=O) groups is 6. The van der Waals surface area contributed by atoms with E-state index in [2.05, 4.69) is 35.1 Å². The number of nitrogens with two attached hydrogens (primary N) is 2. The van der Waals surface area contributed by atoms with Crippen LogP contribution in [0.15, 0.2) is 24.3 Å². The van der Waals surface area contributed by atoms with Crippen molar-refractivity contribution in [3.05, 3.63) is 35.4 Å². The number of carbonyl (C=O) groups excluding carboxylic acids is 6. The third kappa shape index (κ3) is 12.1. The molecule has 0 bridgehead atoms. The number of hydrogen-bond acceptors (Lipinski definition) is 7. The second-order valence-corrected chi connectivity index (χ2v) is 12.7. The lowest BCUT2D eigenvalue weighted by Gasteiger charge is -2.34. The molecule has 1 aliphatic rings. The zero-order valence-electron chi connectivity index (χ0n) is 27.5. The van der Waals surface area contributed by atoms with Crippen LogP contribution in [0.3, 0.4) is 0 Å². The second kappa shape index (κ2) is 17.9. The Balaban J connectivity index is 2.53. The molecule has 1 saturated heterocycles. The van der Waals surface area contributed by atoms with Gasteiger partial charge in [-0.2, -0.15) is 0 Å². The molecule has 0 saturated carbocycles. The van der Waals surface area contributed by atoms with E-state index in [4.69, 9.17) is 16.9 Å². The van der Waals surface area contributed by atoms with Crippen LogP contribution in [0.5, 0.6) is 0 Å². The molecule has 0 spiro atoms. The fraction of sp³-hybridized carbons (Fsp3) is 0.594. The number of nitrogens with zero attached hydrogens (tertiary/aromatic N) is 1. The number of primary amides is 1. The minimum Gasteiger partial charge on any atom is -0.388 e. The van der Waals surface area contributed by atoms with Gasteiger partial charge >= 0.3 is 0 Å². The summed E-state index contributed by atoms with van der Waals surface area (Å²) in [6.07, 6.45) is 1.80. The van der Waals surface area contributed by atoms with Gasteiger partial charge in [-0.15, -0.1) is 0 Å². The summed E-state index contributed by atoms with van der Waals surface area (Å²) in [7, 11) is 1.46. The number of hydrogen-bond donors (Lipinski definition) is 7. The zero-order chi connectivity index (χ0) is 34.6. The normalized spacial score (nSPS) is 22.0. The smallest absolute Gasteiger partial charge is 0.245 e. The van der Waals surface area contributed by atoms with Crippen LogP contribution in [0.1, 0.15) is 70.9 Å². The fourth-order valence-corrected chi connectivity index (χ4v) is 5.51. The molecule has 0 unspecified atom stereocenters. The maximum atomic E-state index is 14.1. The predicted octanol–water partition coefficient (Wildman–Crippen LogP) is -0.133. The molecule has 254 valence electrons. The van der Waals surface area contributed by atoms with Crippen molar-refractivity contribution in [3.8, 4) is 0 Å². The maximum absolute atomic E-state index is 14.1. The molecule has 1 aromatic carbocycles. The average molecular weight is 643 g/mol. The lowest BCUT2D eigenvalue weighted by Crippen LogP contribution is -2.59. The lowest BCUT2D eigenvalue weighted by molar-refractivity contribution is -0.144. The summed E-state index contributed by atoms with van der Waals surface area (Å²) >= 11 is 0. The molecular weight excluding hydrogens is 592 g/mol. The first-order chi connectivity index (χ1) is 21.6. The summed E-state index contributed by atoms with van der Waals surface area (Å²) in [5.74, 6) is -4.23. The van der Waals surface area contributed by atoms with E-state index < -0.39 is 72.6 Å². The highest BCUT2D eigenvalue weighted by Gasteiger charge is 2.37. The van der Waals surface area contributed by atoms with Crippen LogP contribution in [0.4, 0.5) is 0 Å². The highest BCUT2D eigenvalue weighted by Crippen LogP contribution is 2.17. The first kappa shape index (κ1) is 37.7. The average Bonchev–Trinajstić information content (AvgIpc) is 2.95. The number of benzene rings is 1. The topological polar surface area (TPSA) is 230 Å². The third-order valence-corrected chi connectivity index (χ3v) is 7.66. The Morgan fingerprint density at radius 1 is 0.913 bits per heavy atom. The Kier molecular flexibility index (Phi) is 14.6. The van der Waals surface area contributed by atoms with Crippen LogP contribution in [0.25, 0.3) is 0 Å². The lowest BCUT2D eigenvalue weighted by atomic mass is 9.96. The molecule has 4 atom stereocenters. The van der Waals surface area contributed by atoms with Crippen molar-refractivity contribution in [2.45, 2.75) is 96.8 Å². The molecule has 1 fully saturated rings. The van der Waals surface area contributed by atoms with Crippen molar-refractivity contribution >= 4 is 41.3 Å². The summed E-state index contributed by atoms with van der Waals surface area (Å²) in [6, 6.07) is 3.00. The SMILES string of the molecule is CC(C)Cc1cccc(C[C@H]2NC(=O)[C@H](CC(N)=O)NC(=O)CNC(=O)[C@H](CCCCC(=N)N)NC(=O)[C@H](C(C)C)N(C)C2=O)c1. The number of amides is 6. The number of nitrogens with one attached hydrogen (secondary N) is 5. The first-order valence-corrected chi connectivity index (χ1v) is 15.7. The van der Waals surface area contributed by atoms with Crippen LogP contribution in [-0.4, -0.2) is 83.9 Å². The van der Waals surface area contributed by atoms with E-state index in [-0.39, 0.29) is 24.6 Å². The van der Waals surface area contributed by atoms with Crippen molar-refractivity contribution in [1.82, 2.24) is 26.2 Å². The van der Waals surface area contributed by atoms with E-state index in [9.17, 15) is 28.8 Å². The summed E-state index contributed by atoms with van der Waals surface area (Å²) < 4.78 is 0. The predicted molar refractivity (Wildman–Crippen MR) is 173 cm³/mol. The summed E-state index contributed by atoms with van der Waals surface area (Å²) in [6.45, 7) is 7.17. The quantitative estimate of drug-likeness (QED) is 0.0926. The van der Waals surface area contributed by atoms with Crippen molar-refractivity contribution in [2.75, 3.05) is 13.6 Å². The zero-order valence-corrected chi connectivity index (χ0v) is 27.5. The standard InChI is InChI=1S/C32H50N8O6/c1-18(2)13-20-9-8-10-21(14-20)15-24-32(46)40(5)28(19(3)4)31(45)38-22(11-6-7-12-25(33)34)29(43)36-17-27(42)37-23(16-26(35)41)30(44)39-24/h8-10,14,18-19,22-24,28H,6-7,11-13,15-17H2,1-5H3,(H3,33,34)(H2,35,41)(H,36,43)(H,37,42)(H,38,45)(H,39,44)/t22-,23-,24+,28-/m0/s1. The van der Waals surface area contributed by atoms with Crippen molar-refractivity contribution in [1.29, 1.82) is 5.41 Å². The molecule has 1 aromatic rings. The van der Waals surface area contributed by atoms with E-state index in [1.54, 1.807) is 13.8 Å². The minimum absolute atomic E-state index is 0.00196. The monoisotopic (exact) mass is 642 g/mol. The van der Waals surface area contributed by atoms with Gasteiger partial charge in [-0.25, -0.2) is 0 Å². The number of amidine groups is 1. The molecule has 46 heavy (non-hydrogen) atoms. The van der Waals surface area contributed by atoms with E-state index in [1.807, 2.05) is 24.3 Å². The fourth-order valence-electron chi connectivity index (χ4n) is 5.51. The Bertz CT molecular complexity index is 1280. The molecule has 0 aromatic heterocycles. The van der Waals surface area contributed by atoms with Gasteiger partial charge in [-0.05, 0) is 42.2 Å². The molecule has 14 nitrogen and oxygen atoms in total. The van der Waals surface area contributed by atoms with Crippen LogP contribution in [0.2, 0.25) is 0 Å². The Hall–Kier alpha value is -4.49. The number of unbranched alkanes of at least 4 members (excludes halogenated alkanes) is 1. The molecule has 1 heterocycles. The minimum atomic E-state index is -1.41. The van der Waals surface area contributed by atoms with E-state index in [0.29, 0.717) is 25.2 Å². The Morgan fingerprint density at radius 3 is 2.17 bits per heavy atom. The van der Waals surface area contributed by atoms with E-state index in [1.165, 1.54) is 11.9 Å².